The fourth-order valence-corrected chi connectivity index (χ4v) is 2.35. The van der Waals surface area contributed by atoms with Gasteiger partial charge in [-0.15, -0.1) is 0 Å². The Hall–Kier alpha value is -1.34. The quantitative estimate of drug-likeness (QED) is 0.824. The van der Waals surface area contributed by atoms with Crippen LogP contribution in [0.15, 0.2) is 42.5 Å². The van der Waals surface area contributed by atoms with Crippen LogP contribution in [0.25, 0.3) is 10.8 Å². The highest BCUT2D eigenvalue weighted by Crippen LogP contribution is 2.29. The number of hydrogen-bond donors (Lipinski definition) is 1. The third-order valence-electron chi connectivity index (χ3n) is 3.14. The Labute approximate surface area is 97.5 Å². The zero-order valence-electron chi connectivity index (χ0n) is 10.2. The molecule has 2 rings (SSSR count). The lowest BCUT2D eigenvalue weighted by Crippen LogP contribution is -2.30. The Bertz CT molecular complexity index is 480. The van der Waals surface area contributed by atoms with Crippen LogP contribution >= 0.6 is 0 Å². The Balaban J connectivity index is 2.60. The molecule has 0 atom stereocenters. The van der Waals surface area contributed by atoms with E-state index in [1.54, 1.807) is 0 Å². The molecule has 0 radical (unpaired) electrons. The van der Waals surface area contributed by atoms with E-state index in [0.29, 0.717) is 0 Å². The minimum absolute atomic E-state index is 0.162. The van der Waals surface area contributed by atoms with Crippen molar-refractivity contribution in [3.8, 4) is 0 Å². The average molecular weight is 213 g/mol. The van der Waals surface area contributed by atoms with E-state index in [1.807, 2.05) is 7.05 Å². The number of hydrogen-bond acceptors (Lipinski definition) is 1. The third-order valence-corrected chi connectivity index (χ3v) is 3.14. The number of benzene rings is 2. The van der Waals surface area contributed by atoms with Gasteiger partial charge in [0.2, 0.25) is 0 Å². The molecule has 0 fully saturated rings. The maximum Gasteiger partial charge on any atom is 0.00404 e. The van der Waals surface area contributed by atoms with Crippen molar-refractivity contribution >= 4 is 10.8 Å². The molecule has 1 nitrogen and oxygen atoms in total. The van der Waals surface area contributed by atoms with Crippen LogP contribution in [0, 0.1) is 0 Å². The molecule has 0 aliphatic rings. The Morgan fingerprint density at radius 3 is 2.44 bits per heavy atom. The first-order valence-electron chi connectivity index (χ1n) is 5.78. The second-order valence-corrected chi connectivity index (χ2v) is 4.94. The largest absolute Gasteiger partial charge is 0.319 e. The fraction of sp³-hybridized carbons (Fsp3) is 0.333. The summed E-state index contributed by atoms with van der Waals surface area (Å²) >= 11 is 0. The van der Waals surface area contributed by atoms with Gasteiger partial charge in [0, 0.05) is 12.0 Å². The highest BCUT2D eigenvalue weighted by Gasteiger charge is 2.21. The fourth-order valence-electron chi connectivity index (χ4n) is 2.35. The van der Waals surface area contributed by atoms with Crippen molar-refractivity contribution in [2.75, 3.05) is 13.6 Å². The molecule has 0 amide bonds. The number of fused-ring (bicyclic) bond motifs is 1. The molecule has 0 saturated carbocycles. The van der Waals surface area contributed by atoms with Crippen molar-refractivity contribution < 1.29 is 0 Å². The first-order chi connectivity index (χ1) is 7.65. The lowest BCUT2D eigenvalue weighted by molar-refractivity contribution is 0.498. The monoisotopic (exact) mass is 213 g/mol. The van der Waals surface area contributed by atoms with Gasteiger partial charge >= 0.3 is 0 Å². The standard InChI is InChI=1S/C15H19N/c1-15(2,11-16-3)14-10-6-8-12-7-4-5-9-13(12)14/h4-10,16H,11H2,1-3H3. The van der Waals surface area contributed by atoms with Crippen LogP contribution in [0.3, 0.4) is 0 Å². The molecule has 0 saturated heterocycles. The maximum atomic E-state index is 3.27. The van der Waals surface area contributed by atoms with Crippen molar-refractivity contribution in [1.29, 1.82) is 0 Å². The molecule has 1 N–H and O–H groups in total. The number of likely N-dealkylation sites (N-methyl/N-ethyl adjacent to an activating group) is 1. The summed E-state index contributed by atoms with van der Waals surface area (Å²) in [6.45, 7) is 5.55. The van der Waals surface area contributed by atoms with Crippen LogP contribution in [0.2, 0.25) is 0 Å². The second-order valence-electron chi connectivity index (χ2n) is 4.94. The summed E-state index contributed by atoms with van der Waals surface area (Å²) in [7, 11) is 2.01. The SMILES string of the molecule is CNCC(C)(C)c1cccc2ccccc12. The molecule has 0 bridgehead atoms. The highest BCUT2D eigenvalue weighted by molar-refractivity contribution is 5.86. The molecule has 0 heterocycles. The smallest absolute Gasteiger partial charge is 0.00404 e. The summed E-state index contributed by atoms with van der Waals surface area (Å²) in [5.41, 5.74) is 1.58. The molecule has 2 aromatic rings. The van der Waals surface area contributed by atoms with E-state index < -0.39 is 0 Å². The van der Waals surface area contributed by atoms with Crippen LogP contribution < -0.4 is 5.32 Å². The van der Waals surface area contributed by atoms with Gasteiger partial charge in [0.1, 0.15) is 0 Å². The lowest BCUT2D eigenvalue weighted by Gasteiger charge is -2.26. The van der Waals surface area contributed by atoms with Gasteiger partial charge in [-0.3, -0.25) is 0 Å². The molecule has 84 valence electrons. The molecular formula is C15H19N. The van der Waals surface area contributed by atoms with Gasteiger partial charge < -0.3 is 5.32 Å². The minimum Gasteiger partial charge on any atom is -0.319 e. The highest BCUT2D eigenvalue weighted by atomic mass is 14.8. The molecule has 0 aliphatic heterocycles. The molecule has 16 heavy (non-hydrogen) atoms. The van der Waals surface area contributed by atoms with Crippen molar-refractivity contribution in [1.82, 2.24) is 5.32 Å². The number of nitrogens with one attached hydrogen (secondary N) is 1. The molecular weight excluding hydrogens is 194 g/mol. The van der Waals surface area contributed by atoms with Crippen LogP contribution in [0.4, 0.5) is 0 Å². The second kappa shape index (κ2) is 4.26. The molecule has 0 spiro atoms. The normalized spacial score (nSPS) is 11.9. The zero-order valence-corrected chi connectivity index (χ0v) is 10.2. The minimum atomic E-state index is 0.162. The van der Waals surface area contributed by atoms with Crippen molar-refractivity contribution in [2.24, 2.45) is 0 Å². The van der Waals surface area contributed by atoms with Gasteiger partial charge in [-0.1, -0.05) is 56.3 Å². The van der Waals surface area contributed by atoms with Crippen molar-refractivity contribution in [2.45, 2.75) is 19.3 Å². The van der Waals surface area contributed by atoms with E-state index in [2.05, 4.69) is 61.6 Å². The van der Waals surface area contributed by atoms with Gasteiger partial charge in [-0.2, -0.15) is 0 Å². The maximum absolute atomic E-state index is 3.27. The predicted molar refractivity (Wildman–Crippen MR) is 70.9 cm³/mol. The van der Waals surface area contributed by atoms with E-state index in [0.717, 1.165) is 6.54 Å². The van der Waals surface area contributed by atoms with Crippen molar-refractivity contribution in [3.63, 3.8) is 0 Å². The Morgan fingerprint density at radius 1 is 1.00 bits per heavy atom. The first kappa shape index (κ1) is 11.2. The van der Waals surface area contributed by atoms with E-state index in [-0.39, 0.29) is 5.41 Å². The molecule has 1 heteroatoms. The summed E-state index contributed by atoms with van der Waals surface area (Å²) < 4.78 is 0. The van der Waals surface area contributed by atoms with E-state index in [9.17, 15) is 0 Å². The van der Waals surface area contributed by atoms with Gasteiger partial charge in [0.15, 0.2) is 0 Å². The Morgan fingerprint density at radius 2 is 1.69 bits per heavy atom. The van der Waals surface area contributed by atoms with Crippen molar-refractivity contribution in [3.05, 3.63) is 48.0 Å². The summed E-state index contributed by atoms with van der Waals surface area (Å²) in [4.78, 5) is 0. The topological polar surface area (TPSA) is 12.0 Å². The van der Waals surface area contributed by atoms with Crippen LogP contribution in [0.5, 0.6) is 0 Å². The van der Waals surface area contributed by atoms with Gasteiger partial charge in [-0.05, 0) is 23.4 Å². The van der Waals surface area contributed by atoms with Gasteiger partial charge in [-0.25, -0.2) is 0 Å². The third kappa shape index (κ3) is 1.96. The van der Waals surface area contributed by atoms with E-state index in [1.165, 1.54) is 16.3 Å². The van der Waals surface area contributed by atoms with Crippen LogP contribution in [-0.4, -0.2) is 13.6 Å². The average Bonchev–Trinajstić information content (AvgIpc) is 2.28. The summed E-state index contributed by atoms with van der Waals surface area (Å²) in [6.07, 6.45) is 0. The summed E-state index contributed by atoms with van der Waals surface area (Å²) in [5, 5.41) is 5.96. The lowest BCUT2D eigenvalue weighted by atomic mass is 9.82. The van der Waals surface area contributed by atoms with Gasteiger partial charge in [0.05, 0.1) is 0 Å². The van der Waals surface area contributed by atoms with Crippen LogP contribution in [0.1, 0.15) is 19.4 Å². The number of rotatable bonds is 3. The zero-order chi connectivity index (χ0) is 11.6. The summed E-state index contributed by atoms with van der Waals surface area (Å²) in [6, 6.07) is 15.2. The molecule has 0 unspecified atom stereocenters. The first-order valence-corrected chi connectivity index (χ1v) is 5.78. The molecule has 0 aliphatic carbocycles. The van der Waals surface area contributed by atoms with Gasteiger partial charge in [0.25, 0.3) is 0 Å². The molecule has 0 aromatic heterocycles. The Kier molecular flexibility index (Phi) is 2.97. The summed E-state index contributed by atoms with van der Waals surface area (Å²) in [5.74, 6) is 0. The predicted octanol–water partition coefficient (Wildman–Crippen LogP) is 3.34. The van der Waals surface area contributed by atoms with Crippen LogP contribution in [-0.2, 0) is 5.41 Å². The van der Waals surface area contributed by atoms with E-state index in [4.69, 9.17) is 0 Å². The van der Waals surface area contributed by atoms with E-state index >= 15 is 0 Å². The molecule has 2 aromatic carbocycles.